The molecule has 19 heavy (non-hydrogen) atoms. The third kappa shape index (κ3) is 4.44. The fourth-order valence-corrected chi connectivity index (χ4v) is 1.80. The van der Waals surface area contributed by atoms with Gasteiger partial charge in [-0.05, 0) is 35.5 Å². The van der Waals surface area contributed by atoms with Crippen LogP contribution in [0.3, 0.4) is 0 Å². The SMILES string of the molecule is CNC(=O)/C(=C/c1cccc(C(F)(F)F)c1)SC=O. The summed E-state index contributed by atoms with van der Waals surface area (Å²) in [5.41, 5.74) is -0.175. The highest BCUT2D eigenvalue weighted by Crippen LogP contribution is 2.30. The third-order valence-electron chi connectivity index (χ3n) is 2.14. The Balaban J connectivity index is 3.14. The summed E-state index contributed by atoms with van der Waals surface area (Å²) in [7, 11) is 1.37. The molecule has 1 amide bonds. The normalized spacial score (nSPS) is 12.1. The molecule has 0 unspecified atom stereocenters. The van der Waals surface area contributed by atoms with Gasteiger partial charge in [0.2, 0.25) is 0 Å². The van der Waals surface area contributed by atoms with Crippen LogP contribution in [-0.4, -0.2) is 18.6 Å². The smallest absolute Gasteiger partial charge is 0.355 e. The Morgan fingerprint density at radius 3 is 2.58 bits per heavy atom. The second kappa shape index (κ2) is 6.42. The number of carbonyl (C=O) groups is 2. The van der Waals surface area contributed by atoms with E-state index in [1.54, 1.807) is 0 Å². The van der Waals surface area contributed by atoms with Crippen LogP contribution in [0.4, 0.5) is 13.2 Å². The number of carbonyl (C=O) groups excluding carboxylic acids is 2. The van der Waals surface area contributed by atoms with Crippen molar-refractivity contribution in [3.05, 3.63) is 40.3 Å². The Kier molecular flexibility index (Phi) is 5.17. The Hall–Kier alpha value is -1.76. The molecule has 1 rings (SSSR count). The highest BCUT2D eigenvalue weighted by molar-refractivity contribution is 8.16. The lowest BCUT2D eigenvalue weighted by Gasteiger charge is -2.07. The van der Waals surface area contributed by atoms with E-state index in [4.69, 9.17) is 0 Å². The van der Waals surface area contributed by atoms with Crippen LogP contribution in [-0.2, 0) is 15.8 Å². The van der Waals surface area contributed by atoms with Crippen molar-refractivity contribution in [1.82, 2.24) is 5.32 Å². The standard InChI is InChI=1S/C12H10F3NO2S/c1-16-11(18)10(19-7-17)6-8-3-2-4-9(5-8)12(13,14)15/h2-7H,1H3,(H,16,18)/b10-6-. The number of nitrogens with one attached hydrogen (secondary N) is 1. The first-order valence-corrected chi connectivity index (χ1v) is 5.97. The molecule has 7 heteroatoms. The van der Waals surface area contributed by atoms with Crippen LogP contribution >= 0.6 is 11.8 Å². The van der Waals surface area contributed by atoms with Gasteiger partial charge < -0.3 is 5.32 Å². The van der Waals surface area contributed by atoms with Gasteiger partial charge in [0.25, 0.3) is 5.91 Å². The second-order valence-electron chi connectivity index (χ2n) is 3.43. The summed E-state index contributed by atoms with van der Waals surface area (Å²) in [6.07, 6.45) is -3.22. The molecular weight excluding hydrogens is 279 g/mol. The Morgan fingerprint density at radius 1 is 1.37 bits per heavy atom. The number of amides is 1. The van der Waals surface area contributed by atoms with Gasteiger partial charge in [-0.25, -0.2) is 0 Å². The molecule has 0 aliphatic heterocycles. The summed E-state index contributed by atoms with van der Waals surface area (Å²) in [4.78, 5) is 21.8. The van der Waals surface area contributed by atoms with Crippen molar-refractivity contribution < 1.29 is 22.8 Å². The lowest BCUT2D eigenvalue weighted by molar-refractivity contribution is -0.137. The van der Waals surface area contributed by atoms with Gasteiger partial charge in [-0.2, -0.15) is 13.2 Å². The number of likely N-dealkylation sites (N-methyl/N-ethyl adjacent to an activating group) is 1. The average molecular weight is 289 g/mol. The predicted molar refractivity (Wildman–Crippen MR) is 67.8 cm³/mol. The summed E-state index contributed by atoms with van der Waals surface area (Å²) in [6.45, 7) is 0. The molecule has 0 radical (unpaired) electrons. The van der Waals surface area contributed by atoms with Crippen molar-refractivity contribution in [2.24, 2.45) is 0 Å². The molecule has 0 atom stereocenters. The third-order valence-corrected chi connectivity index (χ3v) is 2.79. The maximum absolute atomic E-state index is 12.5. The summed E-state index contributed by atoms with van der Waals surface area (Å²) in [5.74, 6) is -0.533. The zero-order valence-electron chi connectivity index (χ0n) is 9.82. The first kappa shape index (κ1) is 15.3. The fraction of sp³-hybridized carbons (Fsp3) is 0.167. The number of alkyl halides is 3. The summed E-state index contributed by atoms with van der Waals surface area (Å²) >= 11 is 0.605. The molecule has 0 aromatic heterocycles. The highest BCUT2D eigenvalue weighted by atomic mass is 32.2. The quantitative estimate of drug-likeness (QED) is 0.685. The maximum Gasteiger partial charge on any atom is 0.416 e. The predicted octanol–water partition coefficient (Wildman–Crippen LogP) is 2.72. The van der Waals surface area contributed by atoms with E-state index in [1.807, 2.05) is 0 Å². The van der Waals surface area contributed by atoms with Crippen LogP contribution in [0.1, 0.15) is 11.1 Å². The molecule has 1 aromatic carbocycles. The Bertz CT molecular complexity index is 512. The molecule has 0 aliphatic rings. The molecule has 102 valence electrons. The lowest BCUT2D eigenvalue weighted by atomic mass is 10.1. The summed E-state index contributed by atoms with van der Waals surface area (Å²) in [5, 5.41) is 2.31. The number of thioether (sulfide) groups is 1. The van der Waals surface area contributed by atoms with Gasteiger partial charge in [-0.3, -0.25) is 9.59 Å². The lowest BCUT2D eigenvalue weighted by Crippen LogP contribution is -2.18. The largest absolute Gasteiger partial charge is 0.416 e. The second-order valence-corrected chi connectivity index (χ2v) is 4.29. The van der Waals surface area contributed by atoms with Gasteiger partial charge in [-0.1, -0.05) is 12.1 Å². The Morgan fingerprint density at radius 2 is 2.05 bits per heavy atom. The Labute approximate surface area is 111 Å². The zero-order chi connectivity index (χ0) is 14.5. The topological polar surface area (TPSA) is 46.2 Å². The van der Waals surface area contributed by atoms with Gasteiger partial charge in [0, 0.05) is 7.05 Å². The van der Waals surface area contributed by atoms with Crippen LogP contribution < -0.4 is 5.32 Å². The first-order chi connectivity index (χ1) is 8.88. The average Bonchev–Trinajstić information content (AvgIpc) is 2.36. The minimum Gasteiger partial charge on any atom is -0.355 e. The van der Waals surface area contributed by atoms with Crippen LogP contribution in [0.25, 0.3) is 6.08 Å². The van der Waals surface area contributed by atoms with Gasteiger partial charge in [0.1, 0.15) is 0 Å². The molecular formula is C12H10F3NO2S. The van der Waals surface area contributed by atoms with Crippen molar-refractivity contribution >= 4 is 29.4 Å². The monoisotopic (exact) mass is 289 g/mol. The van der Waals surface area contributed by atoms with Gasteiger partial charge >= 0.3 is 6.18 Å². The van der Waals surface area contributed by atoms with Crippen molar-refractivity contribution in [2.45, 2.75) is 6.18 Å². The van der Waals surface area contributed by atoms with Crippen molar-refractivity contribution in [3.8, 4) is 0 Å². The highest BCUT2D eigenvalue weighted by Gasteiger charge is 2.30. The molecule has 1 N–H and O–H groups in total. The van der Waals surface area contributed by atoms with E-state index in [0.717, 1.165) is 12.1 Å². The molecule has 3 nitrogen and oxygen atoms in total. The number of hydrogen-bond acceptors (Lipinski definition) is 3. The molecule has 0 spiro atoms. The van der Waals surface area contributed by atoms with E-state index < -0.39 is 17.6 Å². The van der Waals surface area contributed by atoms with Crippen LogP contribution in [0, 0.1) is 0 Å². The van der Waals surface area contributed by atoms with Gasteiger partial charge in [-0.15, -0.1) is 0 Å². The maximum atomic E-state index is 12.5. The van der Waals surface area contributed by atoms with Crippen LogP contribution in [0.2, 0.25) is 0 Å². The van der Waals surface area contributed by atoms with E-state index >= 15 is 0 Å². The molecule has 1 aromatic rings. The molecule has 0 saturated carbocycles. The van der Waals surface area contributed by atoms with E-state index in [2.05, 4.69) is 5.32 Å². The minimum atomic E-state index is -4.45. The molecule has 0 fully saturated rings. The summed E-state index contributed by atoms with van der Waals surface area (Å²) < 4.78 is 37.6. The molecule has 0 saturated heterocycles. The van der Waals surface area contributed by atoms with Crippen molar-refractivity contribution in [1.29, 1.82) is 0 Å². The van der Waals surface area contributed by atoms with Gasteiger partial charge in [0.05, 0.1) is 10.5 Å². The zero-order valence-corrected chi connectivity index (χ0v) is 10.6. The molecule has 0 aliphatic carbocycles. The van der Waals surface area contributed by atoms with Crippen molar-refractivity contribution in [2.75, 3.05) is 7.05 Å². The first-order valence-electron chi connectivity index (χ1n) is 5.10. The fourth-order valence-electron chi connectivity index (χ4n) is 1.28. The number of halogens is 3. The van der Waals surface area contributed by atoms with E-state index in [0.29, 0.717) is 17.4 Å². The number of benzene rings is 1. The van der Waals surface area contributed by atoms with Crippen LogP contribution in [0.15, 0.2) is 29.2 Å². The van der Waals surface area contributed by atoms with E-state index in [9.17, 15) is 22.8 Å². The number of rotatable bonds is 4. The van der Waals surface area contributed by atoms with Crippen molar-refractivity contribution in [3.63, 3.8) is 0 Å². The van der Waals surface area contributed by atoms with Crippen LogP contribution in [0.5, 0.6) is 0 Å². The van der Waals surface area contributed by atoms with Gasteiger partial charge in [0.15, 0.2) is 5.62 Å². The van der Waals surface area contributed by atoms with E-state index in [-0.39, 0.29) is 10.5 Å². The number of hydrogen-bond donors (Lipinski definition) is 1. The molecule has 0 heterocycles. The minimum absolute atomic E-state index is 0.0248. The summed E-state index contributed by atoms with van der Waals surface area (Å²) in [6, 6.07) is 4.50. The molecule has 0 bridgehead atoms. The van der Waals surface area contributed by atoms with E-state index in [1.165, 1.54) is 25.3 Å².